The summed E-state index contributed by atoms with van der Waals surface area (Å²) in [6.45, 7) is 4.08. The van der Waals surface area contributed by atoms with E-state index in [4.69, 9.17) is 9.47 Å². The van der Waals surface area contributed by atoms with Crippen LogP contribution in [0.25, 0.3) is 0 Å². The van der Waals surface area contributed by atoms with Gasteiger partial charge in [0.15, 0.2) is 5.54 Å². The minimum atomic E-state index is -2.15. The molecule has 0 saturated carbocycles. The highest BCUT2D eigenvalue weighted by molar-refractivity contribution is 6.11. The summed E-state index contributed by atoms with van der Waals surface area (Å²) in [4.78, 5) is 65.5. The van der Waals surface area contributed by atoms with Crippen LogP contribution in [0.1, 0.15) is 32.8 Å². The van der Waals surface area contributed by atoms with Gasteiger partial charge in [-0.2, -0.15) is 0 Å². The highest BCUT2D eigenvalue weighted by Crippen LogP contribution is 2.40. The van der Waals surface area contributed by atoms with Crippen LogP contribution in [0, 0.1) is 0 Å². The molecule has 0 spiro atoms. The Bertz CT molecular complexity index is 1180. The molecule has 0 aliphatic carbocycles. The van der Waals surface area contributed by atoms with Gasteiger partial charge in [-0.3, -0.25) is 34.8 Å². The number of rotatable bonds is 8. The Morgan fingerprint density at radius 1 is 1.00 bits per heavy atom. The molecule has 2 aromatic carbocycles. The van der Waals surface area contributed by atoms with Gasteiger partial charge in [-0.15, -0.1) is 0 Å². The molecule has 1 heterocycles. The second-order valence-electron chi connectivity index (χ2n) is 8.25. The van der Waals surface area contributed by atoms with Crippen molar-refractivity contribution in [3.63, 3.8) is 0 Å². The average molecular weight is 513 g/mol. The molecule has 12 nitrogen and oxygen atoms in total. The highest BCUT2D eigenvalue weighted by Gasteiger charge is 2.59. The van der Waals surface area contributed by atoms with Crippen molar-refractivity contribution in [2.24, 2.45) is 0 Å². The molecule has 0 aromatic heterocycles. The fraction of sp³-hybridized carbons (Fsp3) is 0.320. The number of hydrogen-bond donors (Lipinski definition) is 3. The van der Waals surface area contributed by atoms with Gasteiger partial charge in [0, 0.05) is 32.1 Å². The zero-order valence-electron chi connectivity index (χ0n) is 20.8. The lowest BCUT2D eigenvalue weighted by Gasteiger charge is -2.51. The normalized spacial score (nSPS) is 19.4. The van der Waals surface area contributed by atoms with Crippen molar-refractivity contribution in [2.45, 2.75) is 38.9 Å². The molecule has 12 heteroatoms. The lowest BCUT2D eigenvalue weighted by molar-refractivity contribution is -0.138. The van der Waals surface area contributed by atoms with Crippen molar-refractivity contribution in [1.82, 2.24) is 15.5 Å². The minimum absolute atomic E-state index is 0.000916. The van der Waals surface area contributed by atoms with Crippen LogP contribution in [-0.4, -0.2) is 59.7 Å². The highest BCUT2D eigenvalue weighted by atomic mass is 16.5. The zero-order valence-corrected chi connectivity index (χ0v) is 20.8. The van der Waals surface area contributed by atoms with E-state index in [2.05, 4.69) is 10.6 Å². The van der Waals surface area contributed by atoms with Crippen LogP contribution >= 0.6 is 0 Å². The van der Waals surface area contributed by atoms with Crippen molar-refractivity contribution in [2.75, 3.05) is 18.5 Å². The lowest BCUT2D eigenvalue weighted by Crippen LogP contribution is -2.77. The number of carbonyl (C=O) groups excluding carboxylic acids is 4. The summed E-state index contributed by atoms with van der Waals surface area (Å²) >= 11 is 0. The summed E-state index contributed by atoms with van der Waals surface area (Å²) in [7, 11) is 1.47. The first-order valence-corrected chi connectivity index (χ1v) is 11.5. The smallest absolute Gasteiger partial charge is 0.405 e. The molecule has 3 N–H and O–H groups in total. The van der Waals surface area contributed by atoms with E-state index < -0.39 is 41.7 Å². The second kappa shape index (κ2) is 11.1. The Balaban J connectivity index is 2.38. The Morgan fingerprint density at radius 3 is 2.03 bits per heavy atom. The number of carboxylic acid groups (broad SMARTS) is 1. The van der Waals surface area contributed by atoms with Gasteiger partial charge in [-0.25, -0.2) is 9.59 Å². The molecule has 4 amide bonds. The van der Waals surface area contributed by atoms with E-state index in [1.165, 1.54) is 30.1 Å². The number of esters is 2. The number of amides is 4. The van der Waals surface area contributed by atoms with Gasteiger partial charge in [0.25, 0.3) is 5.91 Å². The number of benzene rings is 2. The number of anilines is 1. The van der Waals surface area contributed by atoms with E-state index in [9.17, 15) is 29.1 Å². The molecule has 1 fully saturated rings. The largest absolute Gasteiger partial charge is 0.465 e. The standard InChI is InChI=1S/C25H28N4O8/c1-5-11-28-22(32)25(27-23(33)34,21(26-4)29(24(28)35)18-9-7-6-8-10-18)17-12-19(36-15(2)30)14-20(13-17)37-16(3)31/h6-10,12-14,21,26-27H,5,11H2,1-4H3,(H,33,34). The van der Waals surface area contributed by atoms with Crippen molar-refractivity contribution < 1.29 is 38.6 Å². The van der Waals surface area contributed by atoms with Gasteiger partial charge in [0.05, 0.1) is 0 Å². The molecule has 2 atom stereocenters. The van der Waals surface area contributed by atoms with Gasteiger partial charge in [0.2, 0.25) is 0 Å². The maximum atomic E-state index is 14.1. The van der Waals surface area contributed by atoms with Crippen molar-refractivity contribution in [3.05, 3.63) is 54.1 Å². The third kappa shape index (κ3) is 5.38. The molecule has 1 aliphatic rings. The summed E-state index contributed by atoms with van der Waals surface area (Å²) in [5.74, 6) is -2.44. The summed E-state index contributed by atoms with van der Waals surface area (Å²) in [5.41, 5.74) is -1.78. The molecule has 2 unspecified atom stereocenters. The molecule has 1 aliphatic heterocycles. The quantitative estimate of drug-likeness (QED) is 0.357. The van der Waals surface area contributed by atoms with Crippen LogP contribution in [0.4, 0.5) is 15.3 Å². The summed E-state index contributed by atoms with van der Waals surface area (Å²) in [5, 5.41) is 15.1. The van der Waals surface area contributed by atoms with Gasteiger partial charge in [-0.05, 0) is 43.3 Å². The van der Waals surface area contributed by atoms with E-state index in [0.717, 1.165) is 18.7 Å². The van der Waals surface area contributed by atoms with Crippen molar-refractivity contribution in [1.29, 1.82) is 0 Å². The summed E-state index contributed by atoms with van der Waals surface area (Å²) in [6, 6.07) is 11.6. The number of ether oxygens (including phenoxy) is 2. The molecular formula is C25H28N4O8. The van der Waals surface area contributed by atoms with Gasteiger partial charge in [-0.1, -0.05) is 25.1 Å². The molecule has 2 aromatic rings. The minimum Gasteiger partial charge on any atom is -0.465 e. The number of urea groups is 1. The molecule has 0 bridgehead atoms. The third-order valence-corrected chi connectivity index (χ3v) is 5.61. The fourth-order valence-electron chi connectivity index (χ4n) is 4.36. The molecular weight excluding hydrogens is 484 g/mol. The number of likely N-dealkylation sites (N-methyl/N-ethyl adjacent to an activating group) is 1. The van der Waals surface area contributed by atoms with E-state index in [-0.39, 0.29) is 23.6 Å². The van der Waals surface area contributed by atoms with Crippen molar-refractivity contribution in [3.8, 4) is 11.5 Å². The first kappa shape index (κ1) is 27.1. The summed E-state index contributed by atoms with van der Waals surface area (Å²) < 4.78 is 10.4. The van der Waals surface area contributed by atoms with Gasteiger partial charge in [0.1, 0.15) is 17.7 Å². The van der Waals surface area contributed by atoms with Gasteiger partial charge >= 0.3 is 24.1 Å². The lowest BCUT2D eigenvalue weighted by atomic mass is 9.81. The Hall–Kier alpha value is -4.45. The molecule has 0 radical (unpaired) electrons. The van der Waals surface area contributed by atoms with Crippen molar-refractivity contribution >= 4 is 35.7 Å². The van der Waals surface area contributed by atoms with Gasteiger partial charge < -0.3 is 14.6 Å². The maximum absolute atomic E-state index is 14.1. The average Bonchev–Trinajstić information content (AvgIpc) is 2.82. The number of nitrogens with zero attached hydrogens (tertiary/aromatic N) is 2. The monoisotopic (exact) mass is 512 g/mol. The maximum Gasteiger partial charge on any atom is 0.405 e. The van der Waals surface area contributed by atoms with Crippen LogP contribution in [0.3, 0.4) is 0 Å². The molecule has 1 saturated heterocycles. The topological polar surface area (TPSA) is 155 Å². The van der Waals surface area contributed by atoms with Crippen LogP contribution in [-0.2, 0) is 19.9 Å². The van der Waals surface area contributed by atoms with E-state index in [1.54, 1.807) is 37.3 Å². The Morgan fingerprint density at radius 2 is 1.57 bits per heavy atom. The fourth-order valence-corrected chi connectivity index (χ4v) is 4.36. The third-order valence-electron chi connectivity index (χ3n) is 5.61. The molecule has 37 heavy (non-hydrogen) atoms. The zero-order chi connectivity index (χ0) is 27.3. The number of imide groups is 1. The van der Waals surface area contributed by atoms with Crippen LogP contribution in [0.2, 0.25) is 0 Å². The summed E-state index contributed by atoms with van der Waals surface area (Å²) in [6.07, 6.45) is -2.43. The first-order chi connectivity index (χ1) is 17.5. The number of carbonyl (C=O) groups is 5. The van der Waals surface area contributed by atoms with E-state index >= 15 is 0 Å². The number of para-hydroxylation sites is 1. The Labute approximate surface area is 213 Å². The van der Waals surface area contributed by atoms with Crippen LogP contribution in [0.15, 0.2) is 48.5 Å². The number of hydrogen-bond acceptors (Lipinski definition) is 8. The molecule has 3 rings (SSSR count). The second-order valence-corrected chi connectivity index (χ2v) is 8.25. The SMILES string of the molecule is CCCN1C(=O)N(c2ccccc2)C(NC)C(NC(=O)O)(c2cc(OC(C)=O)cc(OC(C)=O)c2)C1=O. The van der Waals surface area contributed by atoms with Crippen LogP contribution in [0.5, 0.6) is 11.5 Å². The van der Waals surface area contributed by atoms with E-state index in [0.29, 0.717) is 12.1 Å². The Kier molecular flexibility index (Phi) is 8.13. The predicted octanol–water partition coefficient (Wildman–Crippen LogP) is 2.42. The first-order valence-electron chi connectivity index (χ1n) is 11.5. The predicted molar refractivity (Wildman–Crippen MR) is 131 cm³/mol. The number of nitrogens with one attached hydrogen (secondary N) is 2. The van der Waals surface area contributed by atoms with Crippen LogP contribution < -0.4 is 25.0 Å². The van der Waals surface area contributed by atoms with E-state index in [1.807, 2.05) is 0 Å². The molecule has 196 valence electrons.